The van der Waals surface area contributed by atoms with Crippen LogP contribution in [0.15, 0.2) is 17.0 Å². The van der Waals surface area contributed by atoms with Gasteiger partial charge in [-0.2, -0.15) is 0 Å². The first-order valence-corrected chi connectivity index (χ1v) is 5.44. The normalized spacial score (nSPS) is 11.4. The first-order valence-electron chi connectivity index (χ1n) is 3.96. The largest absolute Gasteiger partial charge is 0.477 e. The molecule has 0 amide bonds. The van der Waals surface area contributed by atoms with E-state index >= 15 is 0 Å². The molecule has 1 aromatic rings. The molecule has 2 N–H and O–H groups in total. The maximum Gasteiger partial charge on any atom is 0.341 e. The van der Waals surface area contributed by atoms with Crippen LogP contribution in [0.1, 0.15) is 10.4 Å². The predicted octanol–water partition coefficient (Wildman–Crippen LogP) is 0.571. The Kier molecular flexibility index (Phi) is 3.24. The van der Waals surface area contributed by atoms with Gasteiger partial charge in [0.2, 0.25) is 10.0 Å². The summed E-state index contributed by atoms with van der Waals surface area (Å²) < 4.78 is 50.6. The first-order chi connectivity index (χ1) is 7.31. The van der Waals surface area contributed by atoms with Crippen LogP contribution in [0.2, 0.25) is 0 Å². The Morgan fingerprint density at radius 3 is 2.38 bits per heavy atom. The fourth-order valence-electron chi connectivity index (χ4n) is 1.05. The Labute approximate surface area is 89.8 Å². The molecule has 0 heterocycles. The monoisotopic (exact) mass is 251 g/mol. The zero-order chi connectivity index (χ0) is 12.5. The number of aromatic carboxylic acids is 1. The number of halogens is 2. The number of carboxylic acid groups (broad SMARTS) is 1. The second-order valence-electron chi connectivity index (χ2n) is 2.75. The summed E-state index contributed by atoms with van der Waals surface area (Å²) in [6.45, 7) is 0. The quantitative estimate of drug-likeness (QED) is 0.822. The van der Waals surface area contributed by atoms with Crippen LogP contribution in [-0.4, -0.2) is 26.5 Å². The van der Waals surface area contributed by atoms with Crippen molar-refractivity contribution >= 4 is 16.0 Å². The molecule has 5 nitrogen and oxygen atoms in total. The highest BCUT2D eigenvalue weighted by molar-refractivity contribution is 7.89. The maximum absolute atomic E-state index is 13.4. The molecule has 0 bridgehead atoms. The third-order valence-electron chi connectivity index (χ3n) is 1.83. The summed E-state index contributed by atoms with van der Waals surface area (Å²) in [7, 11) is -3.13. The fraction of sp³-hybridized carbons (Fsp3) is 0.125. The zero-order valence-electron chi connectivity index (χ0n) is 7.99. The SMILES string of the molecule is CNS(=O)(=O)c1ccc(F)c(C(=O)O)c1F. The molecule has 88 valence electrons. The molecule has 0 aliphatic heterocycles. The summed E-state index contributed by atoms with van der Waals surface area (Å²) in [6, 6.07) is 1.24. The van der Waals surface area contributed by atoms with Gasteiger partial charge >= 0.3 is 5.97 Å². The van der Waals surface area contributed by atoms with E-state index in [0.717, 1.165) is 7.05 Å². The Morgan fingerprint density at radius 2 is 1.94 bits per heavy atom. The van der Waals surface area contributed by atoms with Crippen LogP contribution < -0.4 is 4.72 Å². The first kappa shape index (κ1) is 12.5. The van der Waals surface area contributed by atoms with Crippen molar-refractivity contribution in [1.29, 1.82) is 0 Å². The number of carbonyl (C=O) groups is 1. The number of carboxylic acids is 1. The molecule has 0 unspecified atom stereocenters. The molecular formula is C8H7F2NO4S. The van der Waals surface area contributed by atoms with Gasteiger partial charge in [-0.3, -0.25) is 0 Å². The van der Waals surface area contributed by atoms with Crippen molar-refractivity contribution in [1.82, 2.24) is 4.72 Å². The molecule has 1 aromatic carbocycles. The van der Waals surface area contributed by atoms with Gasteiger partial charge in [0, 0.05) is 0 Å². The summed E-state index contributed by atoms with van der Waals surface area (Å²) in [4.78, 5) is 9.61. The van der Waals surface area contributed by atoms with Crippen molar-refractivity contribution in [2.45, 2.75) is 4.90 Å². The van der Waals surface area contributed by atoms with E-state index < -0.39 is 38.1 Å². The van der Waals surface area contributed by atoms with Crippen molar-refractivity contribution in [3.63, 3.8) is 0 Å². The van der Waals surface area contributed by atoms with Crippen molar-refractivity contribution in [3.8, 4) is 0 Å². The lowest BCUT2D eigenvalue weighted by Gasteiger charge is -2.06. The van der Waals surface area contributed by atoms with Crippen molar-refractivity contribution in [3.05, 3.63) is 29.3 Å². The van der Waals surface area contributed by atoms with E-state index in [2.05, 4.69) is 0 Å². The summed E-state index contributed by atoms with van der Waals surface area (Å²) >= 11 is 0. The van der Waals surface area contributed by atoms with Gasteiger partial charge in [-0.1, -0.05) is 0 Å². The van der Waals surface area contributed by atoms with Crippen LogP contribution in [0, 0.1) is 11.6 Å². The topological polar surface area (TPSA) is 83.5 Å². The minimum absolute atomic E-state index is 0.580. The van der Waals surface area contributed by atoms with Gasteiger partial charge in [0.25, 0.3) is 0 Å². The zero-order valence-corrected chi connectivity index (χ0v) is 8.81. The number of nitrogens with one attached hydrogen (secondary N) is 1. The van der Waals surface area contributed by atoms with E-state index in [1.54, 1.807) is 4.72 Å². The van der Waals surface area contributed by atoms with Crippen LogP contribution >= 0.6 is 0 Å². The lowest BCUT2D eigenvalue weighted by atomic mass is 10.2. The molecule has 0 aromatic heterocycles. The molecule has 8 heteroatoms. The standard InChI is InChI=1S/C8H7F2NO4S/c1-11-16(14,15)5-3-2-4(9)6(7(5)10)8(12)13/h2-3,11H,1H3,(H,12,13). The molecule has 0 fully saturated rings. The van der Waals surface area contributed by atoms with Gasteiger partial charge in [-0.05, 0) is 19.2 Å². The Morgan fingerprint density at radius 1 is 1.38 bits per heavy atom. The van der Waals surface area contributed by atoms with E-state index in [-0.39, 0.29) is 0 Å². The second-order valence-corrected chi connectivity index (χ2v) is 4.60. The molecule has 0 saturated heterocycles. The highest BCUT2D eigenvalue weighted by Gasteiger charge is 2.25. The Hall–Kier alpha value is -1.54. The van der Waals surface area contributed by atoms with Gasteiger partial charge in [0.1, 0.15) is 16.3 Å². The van der Waals surface area contributed by atoms with Gasteiger partial charge in [-0.25, -0.2) is 26.7 Å². The van der Waals surface area contributed by atoms with E-state index in [1.165, 1.54) is 0 Å². The molecule has 1 rings (SSSR count). The number of hydrogen-bond acceptors (Lipinski definition) is 3. The molecule has 0 aliphatic rings. The Bertz CT molecular complexity index is 541. The van der Waals surface area contributed by atoms with Crippen molar-refractivity contribution in [2.24, 2.45) is 0 Å². The van der Waals surface area contributed by atoms with Gasteiger partial charge in [-0.15, -0.1) is 0 Å². The number of benzene rings is 1. The average molecular weight is 251 g/mol. The highest BCUT2D eigenvalue weighted by atomic mass is 32.2. The number of sulfonamides is 1. The molecule has 0 spiro atoms. The third kappa shape index (κ3) is 2.02. The summed E-state index contributed by atoms with van der Waals surface area (Å²) in [6.07, 6.45) is 0. The van der Waals surface area contributed by atoms with Gasteiger partial charge < -0.3 is 5.11 Å². The molecule has 16 heavy (non-hydrogen) atoms. The lowest BCUT2D eigenvalue weighted by molar-refractivity contribution is 0.0685. The second kappa shape index (κ2) is 4.14. The van der Waals surface area contributed by atoms with Crippen LogP contribution in [0.5, 0.6) is 0 Å². The van der Waals surface area contributed by atoms with Crippen LogP contribution in [0.25, 0.3) is 0 Å². The molecule has 0 saturated carbocycles. The highest BCUT2D eigenvalue weighted by Crippen LogP contribution is 2.20. The maximum atomic E-state index is 13.4. The molecule has 0 atom stereocenters. The number of rotatable bonds is 3. The lowest BCUT2D eigenvalue weighted by Crippen LogP contribution is -2.21. The fourth-order valence-corrected chi connectivity index (χ4v) is 1.85. The minimum atomic E-state index is -4.16. The Balaban J connectivity index is 3.59. The summed E-state index contributed by atoms with van der Waals surface area (Å²) in [5.74, 6) is -4.83. The predicted molar refractivity (Wildman–Crippen MR) is 49.6 cm³/mol. The van der Waals surface area contributed by atoms with E-state index in [4.69, 9.17) is 5.11 Å². The molecule has 0 radical (unpaired) electrons. The van der Waals surface area contributed by atoms with Gasteiger partial charge in [0.15, 0.2) is 5.82 Å². The smallest absolute Gasteiger partial charge is 0.341 e. The van der Waals surface area contributed by atoms with Crippen LogP contribution in [-0.2, 0) is 10.0 Å². The van der Waals surface area contributed by atoms with E-state index in [0.29, 0.717) is 12.1 Å². The van der Waals surface area contributed by atoms with Crippen molar-refractivity contribution in [2.75, 3.05) is 7.05 Å². The average Bonchev–Trinajstić information content (AvgIpc) is 2.16. The van der Waals surface area contributed by atoms with E-state index in [9.17, 15) is 22.0 Å². The van der Waals surface area contributed by atoms with Crippen LogP contribution in [0.3, 0.4) is 0 Å². The number of hydrogen-bond donors (Lipinski definition) is 2. The van der Waals surface area contributed by atoms with Crippen LogP contribution in [0.4, 0.5) is 8.78 Å². The third-order valence-corrected chi connectivity index (χ3v) is 3.26. The summed E-state index contributed by atoms with van der Waals surface area (Å²) in [5, 5.41) is 8.51. The summed E-state index contributed by atoms with van der Waals surface area (Å²) in [5.41, 5.74) is -1.30. The van der Waals surface area contributed by atoms with E-state index in [1.807, 2.05) is 0 Å². The van der Waals surface area contributed by atoms with Crippen molar-refractivity contribution < 1.29 is 27.1 Å². The molecule has 0 aliphatic carbocycles. The minimum Gasteiger partial charge on any atom is -0.477 e. The van der Waals surface area contributed by atoms with Gasteiger partial charge in [0.05, 0.1) is 0 Å². The molecular weight excluding hydrogens is 244 g/mol.